The lowest BCUT2D eigenvalue weighted by molar-refractivity contribution is -0.146. The third kappa shape index (κ3) is 5.00. The summed E-state index contributed by atoms with van der Waals surface area (Å²) in [5, 5.41) is 9.34. The summed E-state index contributed by atoms with van der Waals surface area (Å²) in [4.78, 5) is 37.0. The zero-order valence-electron chi connectivity index (χ0n) is 18.0. The highest BCUT2D eigenvalue weighted by Crippen LogP contribution is 2.39. The number of hydrogen-bond acceptors (Lipinski definition) is 7. The van der Waals surface area contributed by atoms with Gasteiger partial charge < -0.3 is 14.8 Å². The Morgan fingerprint density at radius 1 is 1.19 bits per heavy atom. The van der Waals surface area contributed by atoms with E-state index in [4.69, 9.17) is 21.1 Å². The summed E-state index contributed by atoms with van der Waals surface area (Å²) >= 11 is 7.42. The molecular formula is C22H22ClN3O5S. The molecule has 10 heteroatoms. The molecule has 1 amide bonds. The number of carbonyl (C=O) groups is 3. The van der Waals surface area contributed by atoms with Gasteiger partial charge in [-0.1, -0.05) is 29.8 Å². The number of thiophene rings is 1. The van der Waals surface area contributed by atoms with E-state index < -0.39 is 24.5 Å². The van der Waals surface area contributed by atoms with Gasteiger partial charge in [-0.15, -0.1) is 11.3 Å². The minimum Gasteiger partial charge on any atom is -0.465 e. The van der Waals surface area contributed by atoms with E-state index in [0.29, 0.717) is 16.1 Å². The van der Waals surface area contributed by atoms with Crippen molar-refractivity contribution in [1.29, 1.82) is 0 Å². The van der Waals surface area contributed by atoms with Crippen LogP contribution in [-0.4, -0.2) is 41.3 Å². The Labute approximate surface area is 194 Å². The van der Waals surface area contributed by atoms with Crippen molar-refractivity contribution >= 4 is 45.8 Å². The van der Waals surface area contributed by atoms with Gasteiger partial charge >= 0.3 is 11.9 Å². The molecule has 8 nitrogen and oxygen atoms in total. The number of carbonyl (C=O) groups excluding carboxylic acids is 3. The maximum Gasteiger partial charge on any atom is 0.341 e. The highest BCUT2D eigenvalue weighted by atomic mass is 35.5. The Morgan fingerprint density at radius 3 is 2.53 bits per heavy atom. The van der Waals surface area contributed by atoms with Gasteiger partial charge in [0.05, 0.1) is 19.2 Å². The minimum absolute atomic E-state index is 0.0157. The molecule has 0 spiro atoms. The van der Waals surface area contributed by atoms with Crippen molar-refractivity contribution in [2.45, 2.75) is 20.3 Å². The molecule has 0 atom stereocenters. The maximum absolute atomic E-state index is 12.4. The molecule has 3 rings (SSSR count). The van der Waals surface area contributed by atoms with E-state index in [1.54, 1.807) is 41.4 Å². The fraction of sp³-hybridized carbons (Fsp3) is 0.273. The van der Waals surface area contributed by atoms with Gasteiger partial charge in [-0.3, -0.25) is 14.3 Å². The molecule has 0 aliphatic heterocycles. The predicted octanol–water partition coefficient (Wildman–Crippen LogP) is 3.93. The first-order valence-corrected chi connectivity index (χ1v) is 10.9. The highest BCUT2D eigenvalue weighted by molar-refractivity contribution is 7.15. The molecule has 1 aromatic carbocycles. The van der Waals surface area contributed by atoms with E-state index in [2.05, 4.69) is 10.4 Å². The van der Waals surface area contributed by atoms with Crippen molar-refractivity contribution < 1.29 is 23.9 Å². The normalized spacial score (nSPS) is 10.7. The Balaban J connectivity index is 1.70. The number of anilines is 1. The van der Waals surface area contributed by atoms with Crippen LogP contribution in [0.4, 0.5) is 5.00 Å². The second-order valence-corrected chi connectivity index (χ2v) is 8.27. The van der Waals surface area contributed by atoms with Gasteiger partial charge in [-0.05, 0) is 19.9 Å². The number of ether oxygens (including phenoxy) is 2. The number of benzene rings is 1. The first kappa shape index (κ1) is 23.5. The van der Waals surface area contributed by atoms with E-state index in [1.165, 1.54) is 7.11 Å². The van der Waals surface area contributed by atoms with E-state index in [9.17, 15) is 14.4 Å². The zero-order valence-corrected chi connectivity index (χ0v) is 19.6. The van der Waals surface area contributed by atoms with Crippen molar-refractivity contribution in [3.8, 4) is 11.1 Å². The zero-order chi connectivity index (χ0) is 23.4. The predicted molar refractivity (Wildman–Crippen MR) is 122 cm³/mol. The van der Waals surface area contributed by atoms with Gasteiger partial charge in [-0.25, -0.2) is 4.79 Å². The summed E-state index contributed by atoms with van der Waals surface area (Å²) in [6.07, 6.45) is 0.0157. The van der Waals surface area contributed by atoms with Gasteiger partial charge in [0.1, 0.15) is 10.6 Å². The molecule has 168 valence electrons. The highest BCUT2D eigenvalue weighted by Gasteiger charge is 2.24. The second kappa shape index (κ2) is 9.97. The summed E-state index contributed by atoms with van der Waals surface area (Å²) < 4.78 is 11.7. The van der Waals surface area contributed by atoms with E-state index in [-0.39, 0.29) is 17.0 Å². The van der Waals surface area contributed by atoms with Crippen LogP contribution in [0.15, 0.2) is 29.6 Å². The van der Waals surface area contributed by atoms with Crippen LogP contribution in [0.2, 0.25) is 5.02 Å². The maximum atomic E-state index is 12.4. The number of amides is 1. The van der Waals surface area contributed by atoms with Crippen molar-refractivity contribution in [1.82, 2.24) is 9.78 Å². The number of nitrogens with one attached hydrogen (secondary N) is 1. The Bertz CT molecular complexity index is 1180. The van der Waals surface area contributed by atoms with Gasteiger partial charge in [0.25, 0.3) is 5.91 Å². The molecular weight excluding hydrogens is 454 g/mol. The number of halogens is 1. The molecule has 0 saturated carbocycles. The van der Waals surface area contributed by atoms with Gasteiger partial charge in [0.15, 0.2) is 6.61 Å². The molecule has 0 aliphatic carbocycles. The molecule has 32 heavy (non-hydrogen) atoms. The van der Waals surface area contributed by atoms with Gasteiger partial charge in [0.2, 0.25) is 0 Å². The molecule has 0 saturated heterocycles. The summed E-state index contributed by atoms with van der Waals surface area (Å²) in [7, 11) is 3.05. The van der Waals surface area contributed by atoms with Crippen LogP contribution in [0.5, 0.6) is 0 Å². The summed E-state index contributed by atoms with van der Waals surface area (Å²) in [5.41, 5.74) is 3.74. The fourth-order valence-corrected chi connectivity index (χ4v) is 4.41. The number of hydrogen-bond donors (Lipinski definition) is 1. The summed E-state index contributed by atoms with van der Waals surface area (Å²) in [6, 6.07) is 7.05. The first-order chi connectivity index (χ1) is 15.2. The smallest absolute Gasteiger partial charge is 0.341 e. The molecule has 0 aliphatic rings. The topological polar surface area (TPSA) is 99.5 Å². The van der Waals surface area contributed by atoms with Crippen LogP contribution in [0.1, 0.15) is 27.3 Å². The Kier molecular flexibility index (Phi) is 7.32. The lowest BCUT2D eigenvalue weighted by atomic mass is 10.0. The minimum atomic E-state index is -0.615. The van der Waals surface area contributed by atoms with Crippen LogP contribution >= 0.6 is 22.9 Å². The molecule has 1 N–H and O–H groups in total. The average molecular weight is 476 g/mol. The van der Waals surface area contributed by atoms with Crippen LogP contribution in [0.3, 0.4) is 0 Å². The number of aryl methyl sites for hydroxylation is 2. The van der Waals surface area contributed by atoms with Crippen molar-refractivity contribution in [3.05, 3.63) is 57.2 Å². The van der Waals surface area contributed by atoms with Crippen LogP contribution in [-0.2, 0) is 32.5 Å². The number of aromatic nitrogens is 2. The summed E-state index contributed by atoms with van der Waals surface area (Å²) in [5.74, 6) is -1.73. The summed E-state index contributed by atoms with van der Waals surface area (Å²) in [6.45, 7) is 3.18. The monoisotopic (exact) mass is 475 g/mol. The van der Waals surface area contributed by atoms with Gasteiger partial charge in [0, 0.05) is 39.8 Å². The standard InChI is InChI=1S/C22H22ClN3O5S/c1-12-15(13(2)26(3)25-12)9-19(28)31-10-18(27)24-21-20(22(29)30-4)16(11-32-21)14-7-5-6-8-17(14)23/h5-8,11H,9-10H2,1-4H3,(H,24,27). The van der Waals surface area contributed by atoms with Crippen molar-refractivity contribution in [2.24, 2.45) is 7.05 Å². The molecule has 0 bridgehead atoms. The van der Waals surface area contributed by atoms with E-state index in [0.717, 1.165) is 28.3 Å². The van der Waals surface area contributed by atoms with Crippen molar-refractivity contribution in [3.63, 3.8) is 0 Å². The number of rotatable bonds is 7. The first-order valence-electron chi connectivity index (χ1n) is 9.62. The lowest BCUT2D eigenvalue weighted by Gasteiger charge is -2.09. The molecule has 0 radical (unpaired) electrons. The molecule has 0 unspecified atom stereocenters. The van der Waals surface area contributed by atoms with Gasteiger partial charge in [-0.2, -0.15) is 5.10 Å². The third-order valence-corrected chi connectivity index (χ3v) is 6.17. The second-order valence-electron chi connectivity index (χ2n) is 6.98. The number of methoxy groups -OCH3 is 1. The third-order valence-electron chi connectivity index (χ3n) is 4.94. The molecule has 2 heterocycles. The fourth-order valence-electron chi connectivity index (χ4n) is 3.21. The molecule has 3 aromatic rings. The quantitative estimate of drug-likeness (QED) is 0.520. The number of esters is 2. The SMILES string of the molecule is COC(=O)c1c(-c2ccccc2Cl)csc1NC(=O)COC(=O)Cc1c(C)nn(C)c1C. The largest absolute Gasteiger partial charge is 0.465 e. The Hall–Kier alpha value is -3.17. The Morgan fingerprint density at radius 2 is 1.91 bits per heavy atom. The van der Waals surface area contributed by atoms with Crippen LogP contribution in [0, 0.1) is 13.8 Å². The van der Waals surface area contributed by atoms with E-state index >= 15 is 0 Å². The van der Waals surface area contributed by atoms with Crippen molar-refractivity contribution in [2.75, 3.05) is 19.0 Å². The molecule has 0 fully saturated rings. The van der Waals surface area contributed by atoms with Crippen LogP contribution < -0.4 is 5.32 Å². The van der Waals surface area contributed by atoms with Crippen LogP contribution in [0.25, 0.3) is 11.1 Å². The molecule has 2 aromatic heterocycles. The van der Waals surface area contributed by atoms with E-state index in [1.807, 2.05) is 13.8 Å². The average Bonchev–Trinajstić information content (AvgIpc) is 3.27. The number of nitrogens with zero attached hydrogens (tertiary/aromatic N) is 2. The lowest BCUT2D eigenvalue weighted by Crippen LogP contribution is -2.22.